The van der Waals surface area contributed by atoms with E-state index in [9.17, 15) is 20.2 Å². The molecule has 0 radical (unpaired) electrons. The van der Waals surface area contributed by atoms with E-state index in [1.165, 1.54) is 18.2 Å². The van der Waals surface area contributed by atoms with E-state index in [1.807, 2.05) is 0 Å². The second kappa shape index (κ2) is 5.71. The molecule has 2 N–H and O–H groups in total. The quantitative estimate of drug-likeness (QED) is 0.658. The van der Waals surface area contributed by atoms with E-state index in [-0.39, 0.29) is 28.8 Å². The number of hydrogen-bond acceptors (Lipinski definition) is 7. The molecule has 0 aliphatic heterocycles. The van der Waals surface area contributed by atoms with Crippen molar-refractivity contribution in [2.24, 2.45) is 0 Å². The van der Waals surface area contributed by atoms with Crippen LogP contribution in [0, 0.1) is 20.2 Å². The molecule has 1 heterocycles. The van der Waals surface area contributed by atoms with Crippen molar-refractivity contribution in [2.45, 2.75) is 0 Å². The molecule has 0 fully saturated rings. The van der Waals surface area contributed by atoms with Crippen LogP contribution in [0.3, 0.4) is 0 Å². The van der Waals surface area contributed by atoms with Gasteiger partial charge in [0.05, 0.1) is 28.0 Å². The standard InChI is InChI=1S/C11H7BrN4O5/c12-6-1-7(15(17)18)3-9(2-6)21-11-5-8(16(19)20)4-10(13)14-11/h1-5H,(H2,13,14). The van der Waals surface area contributed by atoms with E-state index in [2.05, 4.69) is 20.9 Å². The number of nitro benzene ring substituents is 1. The Hall–Kier alpha value is -2.75. The summed E-state index contributed by atoms with van der Waals surface area (Å²) in [6.07, 6.45) is 0. The molecule has 0 saturated heterocycles. The van der Waals surface area contributed by atoms with Gasteiger partial charge in [0.2, 0.25) is 5.88 Å². The van der Waals surface area contributed by atoms with E-state index in [4.69, 9.17) is 10.5 Å². The molecule has 0 atom stereocenters. The second-order valence-electron chi connectivity index (χ2n) is 3.85. The van der Waals surface area contributed by atoms with E-state index in [0.717, 1.165) is 12.1 Å². The highest BCUT2D eigenvalue weighted by atomic mass is 79.9. The van der Waals surface area contributed by atoms with Crippen LogP contribution in [0.1, 0.15) is 0 Å². The first kappa shape index (κ1) is 14.7. The molecule has 21 heavy (non-hydrogen) atoms. The van der Waals surface area contributed by atoms with E-state index >= 15 is 0 Å². The number of non-ortho nitro benzene ring substituents is 1. The fraction of sp³-hybridized carbons (Fsp3) is 0. The van der Waals surface area contributed by atoms with Gasteiger partial charge in [0.15, 0.2) is 0 Å². The van der Waals surface area contributed by atoms with E-state index in [0.29, 0.717) is 4.47 Å². The van der Waals surface area contributed by atoms with Gasteiger partial charge in [-0.1, -0.05) is 15.9 Å². The summed E-state index contributed by atoms with van der Waals surface area (Å²) in [5, 5.41) is 21.5. The maximum absolute atomic E-state index is 10.8. The van der Waals surface area contributed by atoms with Crippen molar-refractivity contribution in [3.05, 3.63) is 55.0 Å². The Morgan fingerprint density at radius 3 is 2.29 bits per heavy atom. The molecule has 0 bridgehead atoms. The minimum atomic E-state index is -0.645. The van der Waals surface area contributed by atoms with Gasteiger partial charge in [-0.2, -0.15) is 4.98 Å². The number of pyridine rings is 1. The number of aromatic nitrogens is 1. The van der Waals surface area contributed by atoms with Crippen LogP contribution in [-0.2, 0) is 0 Å². The summed E-state index contributed by atoms with van der Waals surface area (Å²) in [5.41, 5.74) is 4.96. The predicted octanol–water partition coefficient (Wildman–Crippen LogP) is 3.04. The molecule has 1 aromatic heterocycles. The Morgan fingerprint density at radius 1 is 1.05 bits per heavy atom. The highest BCUT2D eigenvalue weighted by Crippen LogP contribution is 2.30. The van der Waals surface area contributed by atoms with Crippen molar-refractivity contribution in [1.29, 1.82) is 0 Å². The van der Waals surface area contributed by atoms with Crippen LogP contribution < -0.4 is 10.5 Å². The zero-order chi connectivity index (χ0) is 15.6. The number of nitrogens with two attached hydrogens (primary N) is 1. The summed E-state index contributed by atoms with van der Waals surface area (Å²) >= 11 is 3.11. The van der Waals surface area contributed by atoms with Crippen LogP contribution in [0.25, 0.3) is 0 Å². The number of rotatable bonds is 4. The van der Waals surface area contributed by atoms with Crippen molar-refractivity contribution < 1.29 is 14.6 Å². The normalized spacial score (nSPS) is 10.1. The smallest absolute Gasteiger partial charge is 0.278 e. The minimum Gasteiger partial charge on any atom is -0.438 e. The number of ether oxygens (including phenoxy) is 1. The largest absolute Gasteiger partial charge is 0.438 e. The molecule has 0 saturated carbocycles. The van der Waals surface area contributed by atoms with Crippen molar-refractivity contribution in [3.8, 4) is 11.6 Å². The van der Waals surface area contributed by atoms with Crippen molar-refractivity contribution in [2.75, 3.05) is 5.73 Å². The first-order chi connectivity index (χ1) is 9.85. The van der Waals surface area contributed by atoms with Crippen LogP contribution in [0.15, 0.2) is 34.8 Å². The van der Waals surface area contributed by atoms with Gasteiger partial charge in [0.1, 0.15) is 11.6 Å². The number of anilines is 1. The first-order valence-corrected chi connectivity index (χ1v) is 6.19. The Morgan fingerprint density at radius 2 is 1.67 bits per heavy atom. The topological polar surface area (TPSA) is 134 Å². The maximum Gasteiger partial charge on any atom is 0.278 e. The average molecular weight is 355 g/mol. The summed E-state index contributed by atoms with van der Waals surface area (Å²) in [7, 11) is 0. The Labute approximate surface area is 125 Å². The molecule has 0 aliphatic carbocycles. The van der Waals surface area contributed by atoms with Gasteiger partial charge < -0.3 is 10.5 Å². The fourth-order valence-corrected chi connectivity index (χ4v) is 1.96. The van der Waals surface area contributed by atoms with Gasteiger partial charge in [-0.25, -0.2) is 0 Å². The third-order valence-electron chi connectivity index (χ3n) is 2.31. The number of halogens is 1. The molecule has 108 valence electrons. The first-order valence-electron chi connectivity index (χ1n) is 5.40. The fourth-order valence-electron chi connectivity index (χ4n) is 1.50. The third-order valence-corrected chi connectivity index (χ3v) is 2.76. The molecular formula is C11H7BrN4O5. The Balaban J connectivity index is 2.38. The number of nitrogens with zero attached hydrogens (tertiary/aromatic N) is 3. The molecule has 9 nitrogen and oxygen atoms in total. The molecule has 0 aliphatic rings. The van der Waals surface area contributed by atoms with Crippen molar-refractivity contribution in [1.82, 2.24) is 4.98 Å². The summed E-state index contributed by atoms with van der Waals surface area (Å²) in [5.74, 6) is -0.124. The van der Waals surface area contributed by atoms with Gasteiger partial charge in [0, 0.05) is 10.5 Å². The summed E-state index contributed by atoms with van der Waals surface area (Å²) < 4.78 is 5.71. The molecule has 2 aromatic rings. The van der Waals surface area contributed by atoms with Crippen LogP contribution in [0.4, 0.5) is 17.2 Å². The average Bonchev–Trinajstić information content (AvgIpc) is 2.37. The van der Waals surface area contributed by atoms with Crippen LogP contribution in [0.2, 0.25) is 0 Å². The summed E-state index contributed by atoms with van der Waals surface area (Å²) in [6, 6.07) is 6.08. The predicted molar refractivity (Wildman–Crippen MR) is 76.2 cm³/mol. The lowest BCUT2D eigenvalue weighted by Gasteiger charge is -2.06. The zero-order valence-electron chi connectivity index (χ0n) is 10.2. The van der Waals surface area contributed by atoms with Gasteiger partial charge >= 0.3 is 0 Å². The maximum atomic E-state index is 10.8. The highest BCUT2D eigenvalue weighted by Gasteiger charge is 2.14. The van der Waals surface area contributed by atoms with Crippen LogP contribution >= 0.6 is 15.9 Å². The summed E-state index contributed by atoms with van der Waals surface area (Å²) in [6.45, 7) is 0. The molecule has 10 heteroatoms. The highest BCUT2D eigenvalue weighted by molar-refractivity contribution is 9.10. The lowest BCUT2D eigenvalue weighted by Crippen LogP contribution is -1.97. The SMILES string of the molecule is Nc1cc([N+](=O)[O-])cc(Oc2cc(Br)cc([N+](=O)[O-])c2)n1. The number of hydrogen-bond donors (Lipinski definition) is 1. The lowest BCUT2D eigenvalue weighted by atomic mass is 10.3. The number of nitro groups is 2. The van der Waals surface area contributed by atoms with Crippen LogP contribution in [0.5, 0.6) is 11.6 Å². The lowest BCUT2D eigenvalue weighted by molar-refractivity contribution is -0.385. The van der Waals surface area contributed by atoms with Gasteiger partial charge in [-0.05, 0) is 6.07 Å². The third kappa shape index (κ3) is 3.63. The van der Waals surface area contributed by atoms with E-state index < -0.39 is 9.85 Å². The molecular weight excluding hydrogens is 348 g/mol. The molecule has 0 amide bonds. The van der Waals surface area contributed by atoms with Crippen LogP contribution in [-0.4, -0.2) is 14.8 Å². The number of nitrogen functional groups attached to an aromatic ring is 1. The van der Waals surface area contributed by atoms with E-state index in [1.54, 1.807) is 0 Å². The van der Waals surface area contributed by atoms with Gasteiger partial charge in [0.25, 0.3) is 11.4 Å². The molecule has 1 aromatic carbocycles. The van der Waals surface area contributed by atoms with Gasteiger partial charge in [-0.3, -0.25) is 20.2 Å². The van der Waals surface area contributed by atoms with Crippen molar-refractivity contribution in [3.63, 3.8) is 0 Å². The number of benzene rings is 1. The van der Waals surface area contributed by atoms with Crippen molar-refractivity contribution >= 4 is 33.1 Å². The molecule has 0 spiro atoms. The van der Waals surface area contributed by atoms with Gasteiger partial charge in [-0.15, -0.1) is 0 Å². The minimum absolute atomic E-state index is 0.0938. The molecule has 2 rings (SSSR count). The molecule has 0 unspecified atom stereocenters. The second-order valence-corrected chi connectivity index (χ2v) is 4.77. The zero-order valence-corrected chi connectivity index (χ0v) is 11.8. The Kier molecular flexibility index (Phi) is 3.98. The summed E-state index contributed by atoms with van der Waals surface area (Å²) in [4.78, 5) is 24.0. The monoisotopic (exact) mass is 354 g/mol. The Bertz CT molecular complexity index is 675.